The van der Waals surface area contributed by atoms with Gasteiger partial charge in [-0.05, 0) is 61.2 Å². The normalized spacial score (nSPS) is 13.7. The van der Waals surface area contributed by atoms with Crippen molar-refractivity contribution < 1.29 is 4.79 Å². The van der Waals surface area contributed by atoms with Crippen LogP contribution in [0.15, 0.2) is 24.3 Å². The van der Waals surface area contributed by atoms with Crippen molar-refractivity contribution in [3.8, 4) is 11.4 Å². The number of benzene rings is 1. The second-order valence-electron chi connectivity index (χ2n) is 7.08. The molecular weight excluding hydrogens is 342 g/mol. The van der Waals surface area contributed by atoms with Gasteiger partial charge in [0.1, 0.15) is 0 Å². The topological polar surface area (TPSA) is 90.5 Å². The van der Waals surface area contributed by atoms with Crippen LogP contribution in [0.5, 0.6) is 0 Å². The zero-order valence-electron chi connectivity index (χ0n) is 15.8. The number of hydrogen-bond donors (Lipinski definition) is 1. The van der Waals surface area contributed by atoms with Crippen molar-refractivity contribution in [3.05, 3.63) is 41.2 Å². The standard InChI is InChI=1S/C19H23N7O/c1-12-17(13(2)25(3)22-12)9-10-18(27)20-15-6-4-5-14(11-15)19-21-23-24-26(19)16-7-8-16/h4-6,11,16H,7-10H2,1-3H3,(H,20,27). The summed E-state index contributed by atoms with van der Waals surface area (Å²) in [6, 6.07) is 8.07. The highest BCUT2D eigenvalue weighted by molar-refractivity contribution is 5.91. The lowest BCUT2D eigenvalue weighted by Crippen LogP contribution is -2.13. The molecule has 140 valence electrons. The third-order valence-electron chi connectivity index (χ3n) is 5.05. The first-order valence-corrected chi connectivity index (χ1v) is 9.20. The first-order chi connectivity index (χ1) is 13.0. The van der Waals surface area contributed by atoms with Crippen LogP contribution < -0.4 is 5.32 Å². The Morgan fingerprint density at radius 1 is 1.30 bits per heavy atom. The minimum Gasteiger partial charge on any atom is -0.326 e. The molecule has 1 aromatic carbocycles. The molecule has 27 heavy (non-hydrogen) atoms. The summed E-state index contributed by atoms with van der Waals surface area (Å²) in [7, 11) is 1.92. The number of carbonyl (C=O) groups excluding carboxylic acids is 1. The SMILES string of the molecule is Cc1nn(C)c(C)c1CCC(=O)Nc1cccc(-c2nnnn2C2CC2)c1. The molecule has 0 saturated heterocycles. The summed E-state index contributed by atoms with van der Waals surface area (Å²) in [6.07, 6.45) is 3.32. The van der Waals surface area contributed by atoms with Crippen molar-refractivity contribution >= 4 is 11.6 Å². The molecule has 0 unspecified atom stereocenters. The Kier molecular flexibility index (Phi) is 4.47. The molecule has 4 rings (SSSR count). The number of nitrogens with one attached hydrogen (secondary N) is 1. The smallest absolute Gasteiger partial charge is 0.224 e. The van der Waals surface area contributed by atoms with Crippen LogP contribution in [0.3, 0.4) is 0 Å². The summed E-state index contributed by atoms with van der Waals surface area (Å²) in [5.41, 5.74) is 4.89. The van der Waals surface area contributed by atoms with Crippen LogP contribution in [0.25, 0.3) is 11.4 Å². The van der Waals surface area contributed by atoms with Gasteiger partial charge in [0.2, 0.25) is 5.91 Å². The van der Waals surface area contributed by atoms with Crippen LogP contribution in [0.2, 0.25) is 0 Å². The maximum absolute atomic E-state index is 12.4. The van der Waals surface area contributed by atoms with Crippen LogP contribution in [0, 0.1) is 13.8 Å². The van der Waals surface area contributed by atoms with Gasteiger partial charge in [-0.1, -0.05) is 12.1 Å². The predicted octanol–water partition coefficient (Wildman–Crippen LogP) is 2.60. The summed E-state index contributed by atoms with van der Waals surface area (Å²) in [4.78, 5) is 12.4. The quantitative estimate of drug-likeness (QED) is 0.725. The van der Waals surface area contributed by atoms with Crippen LogP contribution in [-0.4, -0.2) is 35.9 Å². The summed E-state index contributed by atoms with van der Waals surface area (Å²) < 4.78 is 3.73. The molecule has 8 nitrogen and oxygen atoms in total. The molecule has 8 heteroatoms. The third kappa shape index (κ3) is 3.60. The Morgan fingerprint density at radius 3 is 2.81 bits per heavy atom. The fraction of sp³-hybridized carbons (Fsp3) is 0.421. The van der Waals surface area contributed by atoms with Gasteiger partial charge in [-0.15, -0.1) is 5.10 Å². The van der Waals surface area contributed by atoms with Crippen LogP contribution in [0.1, 0.15) is 42.3 Å². The molecule has 1 aliphatic carbocycles. The largest absolute Gasteiger partial charge is 0.326 e. The molecule has 1 N–H and O–H groups in total. The van der Waals surface area contributed by atoms with Crippen molar-refractivity contribution in [2.45, 2.75) is 45.6 Å². The third-order valence-corrected chi connectivity index (χ3v) is 5.05. The van der Waals surface area contributed by atoms with Gasteiger partial charge in [0.15, 0.2) is 5.82 Å². The average molecular weight is 365 g/mol. The highest BCUT2D eigenvalue weighted by Gasteiger charge is 2.28. The molecule has 0 radical (unpaired) electrons. The van der Waals surface area contributed by atoms with E-state index in [1.807, 2.05) is 54.5 Å². The van der Waals surface area contributed by atoms with E-state index in [4.69, 9.17) is 0 Å². The maximum atomic E-state index is 12.4. The molecule has 1 amide bonds. The number of rotatable bonds is 6. The molecule has 3 aromatic rings. The van der Waals surface area contributed by atoms with Gasteiger partial charge < -0.3 is 5.32 Å². The van der Waals surface area contributed by atoms with Gasteiger partial charge in [0.05, 0.1) is 11.7 Å². The molecular formula is C19H23N7O. The van der Waals surface area contributed by atoms with E-state index in [0.29, 0.717) is 18.9 Å². The van der Waals surface area contributed by atoms with Gasteiger partial charge in [0, 0.05) is 30.4 Å². The molecule has 1 fully saturated rings. The number of amides is 1. The molecule has 1 aliphatic rings. The Bertz CT molecular complexity index is 984. The van der Waals surface area contributed by atoms with Gasteiger partial charge in [0.25, 0.3) is 0 Å². The summed E-state index contributed by atoms with van der Waals surface area (Å²) in [5, 5.41) is 19.4. The number of aromatic nitrogens is 6. The summed E-state index contributed by atoms with van der Waals surface area (Å²) in [5.74, 6) is 0.729. The van der Waals surface area contributed by atoms with Gasteiger partial charge >= 0.3 is 0 Å². The Hall–Kier alpha value is -3.03. The van der Waals surface area contributed by atoms with Crippen molar-refractivity contribution in [1.82, 2.24) is 30.0 Å². The second-order valence-corrected chi connectivity index (χ2v) is 7.08. The number of anilines is 1. The monoisotopic (exact) mass is 365 g/mol. The molecule has 0 atom stereocenters. The molecule has 1 saturated carbocycles. The predicted molar refractivity (Wildman–Crippen MR) is 101 cm³/mol. The first kappa shape index (κ1) is 17.4. The van der Waals surface area contributed by atoms with Crippen molar-refractivity contribution in [3.63, 3.8) is 0 Å². The van der Waals surface area contributed by atoms with E-state index in [9.17, 15) is 4.79 Å². The lowest BCUT2D eigenvalue weighted by Gasteiger charge is -2.08. The Morgan fingerprint density at radius 2 is 2.11 bits per heavy atom. The van der Waals surface area contributed by atoms with E-state index in [1.54, 1.807) is 0 Å². The maximum Gasteiger partial charge on any atom is 0.224 e. The number of aryl methyl sites for hydroxylation is 2. The molecule has 0 bridgehead atoms. The fourth-order valence-electron chi connectivity index (χ4n) is 3.33. The minimum atomic E-state index is -0.0170. The summed E-state index contributed by atoms with van der Waals surface area (Å²) >= 11 is 0. The second kappa shape index (κ2) is 6.94. The van der Waals surface area contributed by atoms with Crippen molar-refractivity contribution in [1.29, 1.82) is 0 Å². The highest BCUT2D eigenvalue weighted by Crippen LogP contribution is 2.36. The van der Waals surface area contributed by atoms with Crippen molar-refractivity contribution in [2.24, 2.45) is 7.05 Å². The molecule has 2 heterocycles. The number of hydrogen-bond acceptors (Lipinski definition) is 5. The van der Waals surface area contributed by atoms with E-state index in [-0.39, 0.29) is 5.91 Å². The van der Waals surface area contributed by atoms with Gasteiger partial charge in [-0.3, -0.25) is 9.48 Å². The fourth-order valence-corrected chi connectivity index (χ4v) is 3.33. The van der Waals surface area contributed by atoms with E-state index in [2.05, 4.69) is 25.9 Å². The van der Waals surface area contributed by atoms with E-state index >= 15 is 0 Å². The number of tetrazole rings is 1. The lowest BCUT2D eigenvalue weighted by atomic mass is 10.1. The molecule has 0 spiro atoms. The van der Waals surface area contributed by atoms with Gasteiger partial charge in [-0.25, -0.2) is 4.68 Å². The zero-order chi connectivity index (χ0) is 19.0. The molecule has 0 aliphatic heterocycles. The highest BCUT2D eigenvalue weighted by atomic mass is 16.1. The molecule has 2 aromatic heterocycles. The van der Waals surface area contributed by atoms with Gasteiger partial charge in [-0.2, -0.15) is 5.10 Å². The average Bonchev–Trinajstić information content (AvgIpc) is 3.31. The lowest BCUT2D eigenvalue weighted by molar-refractivity contribution is -0.116. The number of nitrogens with zero attached hydrogens (tertiary/aromatic N) is 6. The van der Waals surface area contributed by atoms with Crippen molar-refractivity contribution in [2.75, 3.05) is 5.32 Å². The van der Waals surface area contributed by atoms with Crippen LogP contribution >= 0.6 is 0 Å². The minimum absolute atomic E-state index is 0.0170. The number of carbonyl (C=O) groups is 1. The summed E-state index contributed by atoms with van der Waals surface area (Å²) in [6.45, 7) is 4.01. The van der Waals surface area contributed by atoms with E-state index < -0.39 is 0 Å². The Labute approximate surface area is 157 Å². The van der Waals surface area contributed by atoms with Crippen LogP contribution in [0.4, 0.5) is 5.69 Å². The zero-order valence-corrected chi connectivity index (χ0v) is 15.8. The van der Waals surface area contributed by atoms with Crippen LogP contribution in [-0.2, 0) is 18.3 Å². The van der Waals surface area contributed by atoms with E-state index in [0.717, 1.165) is 46.9 Å². The first-order valence-electron chi connectivity index (χ1n) is 9.20. The van der Waals surface area contributed by atoms with E-state index in [1.165, 1.54) is 0 Å². The Balaban J connectivity index is 1.43.